The fraction of sp³-hybridized carbons (Fsp3) is 0.0851. The van der Waals surface area contributed by atoms with Crippen molar-refractivity contribution in [2.75, 3.05) is 4.90 Å². The number of rotatable bonds is 5. The summed E-state index contributed by atoms with van der Waals surface area (Å²) in [5.74, 6) is 1.94. The summed E-state index contributed by atoms with van der Waals surface area (Å²) in [5.41, 5.74) is 12.8. The van der Waals surface area contributed by atoms with Gasteiger partial charge in [0.15, 0.2) is 5.58 Å². The lowest BCUT2D eigenvalue weighted by atomic mass is 9.85. The number of fused-ring (bicyclic) bond motifs is 9. The fourth-order valence-electron chi connectivity index (χ4n) is 8.49. The van der Waals surface area contributed by atoms with Gasteiger partial charge in [0.1, 0.15) is 23.1 Å². The first-order chi connectivity index (χ1) is 25.2. The monoisotopic (exact) mass is 656 g/mol. The summed E-state index contributed by atoms with van der Waals surface area (Å²) >= 11 is 0. The molecule has 0 saturated heterocycles. The van der Waals surface area contributed by atoms with Crippen molar-refractivity contribution >= 4 is 49.6 Å². The predicted molar refractivity (Wildman–Crippen MR) is 207 cm³/mol. The van der Waals surface area contributed by atoms with Crippen molar-refractivity contribution in [2.24, 2.45) is 0 Å². The Morgan fingerprint density at radius 2 is 1.41 bits per heavy atom. The van der Waals surface area contributed by atoms with Crippen molar-refractivity contribution in [2.45, 2.75) is 24.9 Å². The van der Waals surface area contributed by atoms with E-state index in [1.54, 1.807) is 6.20 Å². The highest BCUT2D eigenvalue weighted by atomic mass is 16.5. The van der Waals surface area contributed by atoms with Crippen molar-refractivity contribution in [3.8, 4) is 17.1 Å². The number of pyridine rings is 1. The van der Waals surface area contributed by atoms with Crippen LogP contribution in [0.5, 0.6) is 5.75 Å². The molecule has 2 aromatic heterocycles. The van der Waals surface area contributed by atoms with Crippen LogP contribution in [0.25, 0.3) is 49.5 Å². The minimum absolute atomic E-state index is 0.122. The van der Waals surface area contributed by atoms with Crippen LogP contribution in [0.1, 0.15) is 29.9 Å². The Hall–Kier alpha value is -6.39. The van der Waals surface area contributed by atoms with Crippen LogP contribution in [0.3, 0.4) is 0 Å². The summed E-state index contributed by atoms with van der Waals surface area (Å²) in [5, 5.41) is 4.94. The van der Waals surface area contributed by atoms with Gasteiger partial charge in [0.25, 0.3) is 0 Å². The first-order valence-electron chi connectivity index (χ1n) is 17.7. The molecule has 0 saturated carbocycles. The molecule has 242 valence electrons. The van der Waals surface area contributed by atoms with Gasteiger partial charge >= 0.3 is 0 Å². The van der Waals surface area contributed by atoms with E-state index in [1.807, 2.05) is 18.2 Å². The van der Waals surface area contributed by atoms with Gasteiger partial charge in [-0.15, -0.1) is 0 Å². The number of nitrogens with zero attached hydrogens (tertiary/aromatic N) is 2. The molecule has 3 aliphatic carbocycles. The second-order valence-corrected chi connectivity index (χ2v) is 13.8. The molecule has 2 atom stereocenters. The van der Waals surface area contributed by atoms with E-state index in [0.717, 1.165) is 58.1 Å². The van der Waals surface area contributed by atoms with Gasteiger partial charge < -0.3 is 14.1 Å². The summed E-state index contributed by atoms with van der Waals surface area (Å²) in [6.45, 7) is 0. The molecule has 0 spiro atoms. The number of furan rings is 1. The van der Waals surface area contributed by atoms with Crippen LogP contribution in [-0.2, 0) is 0 Å². The SMILES string of the molecule is C1=CC2=C(C=C(c3ccc(N(C4=CC5Oc6c(c7ccccc7c7ccccc67)C5C=C4)c4ccc(-c5cc6ncccc6o5)cc4)cc3)C2)C1. The second-order valence-electron chi connectivity index (χ2n) is 13.8. The van der Waals surface area contributed by atoms with E-state index in [4.69, 9.17) is 9.15 Å². The lowest BCUT2D eigenvalue weighted by molar-refractivity contribution is 0.270. The van der Waals surface area contributed by atoms with E-state index >= 15 is 0 Å². The molecule has 0 N–H and O–H groups in total. The van der Waals surface area contributed by atoms with Crippen molar-refractivity contribution < 1.29 is 9.15 Å². The first-order valence-corrected chi connectivity index (χ1v) is 17.7. The topological polar surface area (TPSA) is 38.5 Å². The highest BCUT2D eigenvalue weighted by Gasteiger charge is 2.37. The third-order valence-electron chi connectivity index (χ3n) is 10.9. The smallest absolute Gasteiger partial charge is 0.153 e. The van der Waals surface area contributed by atoms with Crippen molar-refractivity contribution in [3.05, 3.63) is 186 Å². The van der Waals surface area contributed by atoms with Crippen LogP contribution < -0.4 is 9.64 Å². The number of anilines is 2. The van der Waals surface area contributed by atoms with Gasteiger partial charge in [-0.05, 0) is 112 Å². The van der Waals surface area contributed by atoms with Crippen LogP contribution in [0.15, 0.2) is 179 Å². The van der Waals surface area contributed by atoms with Gasteiger partial charge in [-0.25, -0.2) is 0 Å². The zero-order valence-corrected chi connectivity index (χ0v) is 27.8. The quantitative estimate of drug-likeness (QED) is 0.173. The van der Waals surface area contributed by atoms with Gasteiger partial charge in [-0.1, -0.05) is 85.0 Å². The lowest BCUT2D eigenvalue weighted by Crippen LogP contribution is -2.24. The number of ether oxygens (including phenoxy) is 1. The zero-order chi connectivity index (χ0) is 33.5. The van der Waals surface area contributed by atoms with Gasteiger partial charge in [0.2, 0.25) is 0 Å². The summed E-state index contributed by atoms with van der Waals surface area (Å²) in [4.78, 5) is 6.80. The fourth-order valence-corrected chi connectivity index (χ4v) is 8.49. The molecule has 7 aromatic rings. The molecule has 0 radical (unpaired) electrons. The Balaban J connectivity index is 0.988. The molecular formula is C47H32N2O2. The Bertz CT molecular complexity index is 2690. The maximum atomic E-state index is 6.92. The first kappa shape index (κ1) is 28.4. The third kappa shape index (κ3) is 4.49. The van der Waals surface area contributed by atoms with Crippen LogP contribution in [-0.4, -0.2) is 11.1 Å². The molecule has 5 aromatic carbocycles. The molecule has 0 fully saturated rings. The van der Waals surface area contributed by atoms with Gasteiger partial charge in [-0.3, -0.25) is 4.98 Å². The number of hydrogen-bond acceptors (Lipinski definition) is 4. The molecule has 4 heteroatoms. The molecule has 3 heterocycles. The van der Waals surface area contributed by atoms with E-state index in [-0.39, 0.29) is 12.0 Å². The van der Waals surface area contributed by atoms with Gasteiger partial charge in [0, 0.05) is 51.8 Å². The van der Waals surface area contributed by atoms with Crippen LogP contribution in [0.4, 0.5) is 11.4 Å². The Labute approximate surface area is 295 Å². The largest absolute Gasteiger partial charge is 0.484 e. The molecule has 11 rings (SSSR count). The molecule has 51 heavy (non-hydrogen) atoms. The van der Waals surface area contributed by atoms with Crippen LogP contribution in [0, 0.1) is 0 Å². The molecule has 1 aliphatic heterocycles. The van der Waals surface area contributed by atoms with Crippen LogP contribution >= 0.6 is 0 Å². The maximum Gasteiger partial charge on any atom is 0.153 e. The van der Waals surface area contributed by atoms with E-state index in [0.29, 0.717) is 0 Å². The number of aromatic nitrogens is 1. The predicted octanol–water partition coefficient (Wildman–Crippen LogP) is 12.0. The molecule has 0 amide bonds. The summed E-state index contributed by atoms with van der Waals surface area (Å²) < 4.78 is 13.1. The highest BCUT2D eigenvalue weighted by molar-refractivity contribution is 6.13. The standard InChI is InChI=1S/C47H32N2O2/c1-3-11-39-37(9-1)38-10-2-4-12-40(38)47-46(39)41-23-22-36(27-45(41)51-47)49(34-18-14-29(15-19-34)33-25-31-7-5-8-32(31)26-33)35-20-16-30(17-21-35)44-28-42-43(50-44)13-6-24-48-42/h1-7,9-24,26-28,41,45H,8,25H2. The average molecular weight is 657 g/mol. The second kappa shape index (κ2) is 11.1. The van der Waals surface area contributed by atoms with Crippen molar-refractivity contribution in [1.82, 2.24) is 4.98 Å². The summed E-state index contributed by atoms with van der Waals surface area (Å²) in [6, 6.07) is 40.9. The molecular weight excluding hydrogens is 625 g/mol. The number of benzene rings is 5. The highest BCUT2D eigenvalue weighted by Crippen LogP contribution is 2.51. The minimum atomic E-state index is -0.122. The van der Waals surface area contributed by atoms with E-state index in [9.17, 15) is 0 Å². The summed E-state index contributed by atoms with van der Waals surface area (Å²) in [6.07, 6.45) is 17.6. The zero-order valence-electron chi connectivity index (χ0n) is 27.8. The average Bonchev–Trinajstić information content (AvgIpc) is 3.98. The van der Waals surface area contributed by atoms with E-state index in [1.165, 1.54) is 49.4 Å². The minimum Gasteiger partial charge on any atom is -0.484 e. The van der Waals surface area contributed by atoms with E-state index < -0.39 is 0 Å². The summed E-state index contributed by atoms with van der Waals surface area (Å²) in [7, 11) is 0. The van der Waals surface area contributed by atoms with E-state index in [2.05, 4.69) is 143 Å². The third-order valence-corrected chi connectivity index (χ3v) is 10.9. The Morgan fingerprint density at radius 1 is 0.686 bits per heavy atom. The Kier molecular flexibility index (Phi) is 6.17. The van der Waals surface area contributed by atoms with Gasteiger partial charge in [0.05, 0.1) is 0 Å². The van der Waals surface area contributed by atoms with Gasteiger partial charge in [-0.2, -0.15) is 0 Å². The Morgan fingerprint density at radius 3 is 2.18 bits per heavy atom. The maximum absolute atomic E-state index is 6.92. The molecule has 2 unspecified atom stereocenters. The lowest BCUT2D eigenvalue weighted by Gasteiger charge is -2.30. The van der Waals surface area contributed by atoms with Crippen LogP contribution in [0.2, 0.25) is 0 Å². The molecule has 4 aliphatic rings. The number of allylic oxidation sites excluding steroid dienone is 7. The number of hydrogen-bond donors (Lipinski definition) is 0. The normalized spacial score (nSPS) is 18.6. The molecule has 0 bridgehead atoms. The molecule has 4 nitrogen and oxygen atoms in total. The van der Waals surface area contributed by atoms with Crippen molar-refractivity contribution in [3.63, 3.8) is 0 Å². The van der Waals surface area contributed by atoms with Crippen molar-refractivity contribution in [1.29, 1.82) is 0 Å².